The third kappa shape index (κ3) is 4.79. The van der Waals surface area contributed by atoms with Gasteiger partial charge >= 0.3 is 6.03 Å². The van der Waals surface area contributed by atoms with Crippen molar-refractivity contribution in [2.75, 3.05) is 16.8 Å². The molecule has 7 heteroatoms. The molecule has 0 saturated heterocycles. The molecule has 0 saturated carbocycles. The van der Waals surface area contributed by atoms with Gasteiger partial charge in [-0.25, -0.2) is 4.79 Å². The van der Waals surface area contributed by atoms with Crippen LogP contribution in [0.25, 0.3) is 5.69 Å². The summed E-state index contributed by atoms with van der Waals surface area (Å²) in [5.74, 6) is -0.181. The van der Waals surface area contributed by atoms with Crippen LogP contribution in [0.3, 0.4) is 0 Å². The van der Waals surface area contributed by atoms with E-state index in [1.165, 1.54) is 0 Å². The summed E-state index contributed by atoms with van der Waals surface area (Å²) in [6.07, 6.45) is 2.01. The van der Waals surface area contributed by atoms with Gasteiger partial charge in [-0.05, 0) is 81.3 Å². The van der Waals surface area contributed by atoms with Crippen molar-refractivity contribution in [2.45, 2.75) is 39.8 Å². The number of hydrogen-bond donors (Lipinski definition) is 1. The van der Waals surface area contributed by atoms with Gasteiger partial charge in [0.1, 0.15) is 12.6 Å². The third-order valence-corrected chi connectivity index (χ3v) is 7.20. The quantitative estimate of drug-likeness (QED) is 0.301. The zero-order chi connectivity index (χ0) is 27.0. The lowest BCUT2D eigenvalue weighted by atomic mass is 9.97. The van der Waals surface area contributed by atoms with Crippen LogP contribution in [-0.4, -0.2) is 34.0 Å². The number of hydrogen-bond acceptors (Lipinski definition) is 2. The summed E-state index contributed by atoms with van der Waals surface area (Å²) in [4.78, 5) is 31.0. The second kappa shape index (κ2) is 10.4. The summed E-state index contributed by atoms with van der Waals surface area (Å²) in [7, 11) is 0. The molecule has 1 aromatic heterocycles. The maximum absolute atomic E-state index is 14.2. The van der Waals surface area contributed by atoms with Crippen molar-refractivity contribution in [3.63, 3.8) is 0 Å². The van der Waals surface area contributed by atoms with Crippen molar-refractivity contribution >= 4 is 34.9 Å². The van der Waals surface area contributed by atoms with E-state index >= 15 is 0 Å². The number of para-hydroxylation sites is 2. The molecule has 0 bridgehead atoms. The first-order valence-corrected chi connectivity index (χ1v) is 13.1. The van der Waals surface area contributed by atoms with Gasteiger partial charge in [0.2, 0.25) is 5.91 Å². The van der Waals surface area contributed by atoms with Crippen molar-refractivity contribution in [1.82, 2.24) is 9.47 Å². The number of carbonyl (C=O) groups is 2. The van der Waals surface area contributed by atoms with Crippen molar-refractivity contribution in [3.05, 3.63) is 112 Å². The molecule has 0 spiro atoms. The molecule has 3 aromatic carbocycles. The van der Waals surface area contributed by atoms with Gasteiger partial charge in [0.15, 0.2) is 0 Å². The van der Waals surface area contributed by atoms with Gasteiger partial charge in [-0.15, -0.1) is 0 Å². The number of rotatable bonds is 5. The number of carbonyl (C=O) groups excluding carboxylic acids is 2. The number of urea groups is 1. The number of anilines is 2. The van der Waals surface area contributed by atoms with Crippen LogP contribution < -0.4 is 10.2 Å². The molecular weight excluding hydrogens is 496 g/mol. The Labute approximate surface area is 228 Å². The summed E-state index contributed by atoms with van der Waals surface area (Å²) in [6, 6.07) is 24.4. The van der Waals surface area contributed by atoms with Crippen LogP contribution in [0, 0.1) is 13.8 Å². The van der Waals surface area contributed by atoms with Crippen LogP contribution in [0.15, 0.2) is 85.1 Å². The lowest BCUT2D eigenvalue weighted by Gasteiger charge is -2.40. The molecule has 0 aliphatic carbocycles. The number of nitrogens with one attached hydrogen (secondary N) is 1. The summed E-state index contributed by atoms with van der Waals surface area (Å²) in [6.45, 7) is 7.72. The monoisotopic (exact) mass is 526 g/mol. The second-order valence-corrected chi connectivity index (χ2v) is 10.4. The highest BCUT2D eigenvalue weighted by Crippen LogP contribution is 2.42. The Morgan fingerprint density at radius 1 is 0.947 bits per heavy atom. The fourth-order valence-corrected chi connectivity index (χ4v) is 5.30. The predicted molar refractivity (Wildman–Crippen MR) is 153 cm³/mol. The standard InChI is InChI=1S/C31H31ClN4O2/c1-20(2)35(31(38)33-25-15-14-21(3)17-22(25)4)19-29(37)36-27-12-6-5-11-26(27)34-16-8-13-28(34)30(36)23-9-7-10-24(32)18-23/h5-18,20,30H,19H2,1-4H3,(H,33,38). The summed E-state index contributed by atoms with van der Waals surface area (Å²) >= 11 is 6.39. The van der Waals surface area contributed by atoms with E-state index in [0.717, 1.165) is 39.4 Å². The topological polar surface area (TPSA) is 57.6 Å². The fourth-order valence-electron chi connectivity index (χ4n) is 5.11. The molecule has 194 valence electrons. The van der Waals surface area contributed by atoms with E-state index in [4.69, 9.17) is 11.6 Å². The van der Waals surface area contributed by atoms with Crippen molar-refractivity contribution < 1.29 is 9.59 Å². The average molecular weight is 527 g/mol. The molecule has 4 aromatic rings. The zero-order valence-electron chi connectivity index (χ0n) is 22.0. The molecular formula is C31H31ClN4O2. The number of halogens is 1. The first-order valence-electron chi connectivity index (χ1n) is 12.7. The molecule has 1 atom stereocenters. The molecule has 6 nitrogen and oxygen atoms in total. The number of nitrogens with zero attached hydrogens (tertiary/aromatic N) is 3. The maximum Gasteiger partial charge on any atom is 0.322 e. The van der Waals surface area contributed by atoms with Crippen LogP contribution >= 0.6 is 11.6 Å². The maximum atomic E-state index is 14.2. The van der Waals surface area contributed by atoms with Gasteiger partial charge in [0.05, 0.1) is 17.1 Å². The molecule has 0 fully saturated rings. The van der Waals surface area contributed by atoms with E-state index in [9.17, 15) is 9.59 Å². The van der Waals surface area contributed by atoms with Crippen molar-refractivity contribution in [2.24, 2.45) is 0 Å². The number of benzene rings is 3. The smallest absolute Gasteiger partial charge is 0.316 e. The average Bonchev–Trinajstić information content (AvgIpc) is 3.37. The van der Waals surface area contributed by atoms with E-state index in [2.05, 4.69) is 9.88 Å². The minimum Gasteiger partial charge on any atom is -0.316 e. The van der Waals surface area contributed by atoms with Gasteiger partial charge < -0.3 is 14.8 Å². The van der Waals surface area contributed by atoms with Crippen LogP contribution in [-0.2, 0) is 4.79 Å². The molecule has 3 amide bonds. The van der Waals surface area contributed by atoms with Gasteiger partial charge in [-0.1, -0.05) is 53.6 Å². The van der Waals surface area contributed by atoms with E-state index in [-0.39, 0.29) is 24.5 Å². The normalized spacial score (nSPS) is 14.2. The minimum atomic E-state index is -0.400. The van der Waals surface area contributed by atoms with Gasteiger partial charge in [-0.2, -0.15) is 0 Å². The highest BCUT2D eigenvalue weighted by molar-refractivity contribution is 6.30. The van der Waals surface area contributed by atoms with Crippen LogP contribution in [0.5, 0.6) is 0 Å². The van der Waals surface area contributed by atoms with E-state index in [1.807, 2.05) is 113 Å². The molecule has 0 radical (unpaired) electrons. The second-order valence-electron chi connectivity index (χ2n) is 9.98. The van der Waals surface area contributed by atoms with Crippen LogP contribution in [0.2, 0.25) is 5.02 Å². The Morgan fingerprint density at radius 3 is 2.42 bits per heavy atom. The van der Waals surface area contributed by atoms with Gasteiger partial charge in [-0.3, -0.25) is 9.69 Å². The Kier molecular flexibility index (Phi) is 7.00. The third-order valence-electron chi connectivity index (χ3n) is 6.97. The molecule has 1 aliphatic heterocycles. The van der Waals surface area contributed by atoms with E-state index < -0.39 is 6.04 Å². The fraction of sp³-hybridized carbons (Fsp3) is 0.226. The predicted octanol–water partition coefficient (Wildman–Crippen LogP) is 7.13. The molecule has 1 N–H and O–H groups in total. The first kappa shape index (κ1) is 25.6. The van der Waals surface area contributed by atoms with Gasteiger partial charge in [0.25, 0.3) is 0 Å². The number of amides is 3. The SMILES string of the molecule is Cc1ccc(NC(=O)N(CC(=O)N2c3ccccc3-n3cccc3C2c2cccc(Cl)c2)C(C)C)c(C)c1. The Hall–Kier alpha value is -4.03. The molecule has 1 aliphatic rings. The van der Waals surface area contributed by atoms with Crippen molar-refractivity contribution in [1.29, 1.82) is 0 Å². The zero-order valence-corrected chi connectivity index (χ0v) is 22.7. The van der Waals surface area contributed by atoms with Gasteiger partial charge in [0, 0.05) is 22.9 Å². The summed E-state index contributed by atoms with van der Waals surface area (Å²) in [5, 5.41) is 3.60. The molecule has 2 heterocycles. The minimum absolute atomic E-state index is 0.0828. The Balaban J connectivity index is 1.52. The van der Waals surface area contributed by atoms with Crippen LogP contribution in [0.4, 0.5) is 16.2 Å². The lowest BCUT2D eigenvalue weighted by molar-refractivity contribution is -0.119. The lowest BCUT2D eigenvalue weighted by Crippen LogP contribution is -2.49. The van der Waals surface area contributed by atoms with Crippen LogP contribution in [0.1, 0.15) is 42.3 Å². The number of fused-ring (bicyclic) bond motifs is 3. The molecule has 38 heavy (non-hydrogen) atoms. The molecule has 1 unspecified atom stereocenters. The highest BCUT2D eigenvalue weighted by atomic mass is 35.5. The Morgan fingerprint density at radius 2 is 1.71 bits per heavy atom. The first-order chi connectivity index (χ1) is 18.2. The van der Waals surface area contributed by atoms with E-state index in [1.54, 1.807) is 9.80 Å². The number of aromatic nitrogens is 1. The van der Waals surface area contributed by atoms with E-state index in [0.29, 0.717) is 5.02 Å². The highest BCUT2D eigenvalue weighted by Gasteiger charge is 2.37. The van der Waals surface area contributed by atoms with Crippen molar-refractivity contribution in [3.8, 4) is 5.69 Å². The summed E-state index contributed by atoms with van der Waals surface area (Å²) < 4.78 is 2.11. The largest absolute Gasteiger partial charge is 0.322 e. The Bertz CT molecular complexity index is 1510. The molecule has 5 rings (SSSR count). The number of aryl methyl sites for hydroxylation is 2. The summed E-state index contributed by atoms with van der Waals surface area (Å²) in [5.41, 5.74) is 6.37.